The minimum absolute atomic E-state index is 0.101. The lowest BCUT2D eigenvalue weighted by Crippen LogP contribution is -2.40. The Labute approximate surface area is 132 Å². The maximum atomic E-state index is 5.31. The number of benzene rings is 2. The molecule has 20 heavy (non-hydrogen) atoms. The Bertz CT molecular complexity index is 650. The highest BCUT2D eigenvalue weighted by Gasteiger charge is 2.17. The van der Waals surface area contributed by atoms with Gasteiger partial charge in [0, 0.05) is 10.2 Å². The average molecular weight is 345 g/mol. The van der Waals surface area contributed by atoms with Gasteiger partial charge in [-0.1, -0.05) is 58.4 Å². The second-order valence-electron chi connectivity index (χ2n) is 4.57. The number of rotatable bonds is 2. The quantitative estimate of drug-likeness (QED) is 0.805. The number of thiocarbonyl (C=S) groups is 1. The largest absolute Gasteiger partial charge is 0.352 e. The maximum absolute atomic E-state index is 5.31. The molecule has 1 atom stereocenters. The Kier molecular flexibility index (Phi) is 3.85. The molecule has 1 heterocycles. The zero-order valence-corrected chi connectivity index (χ0v) is 13.0. The van der Waals surface area contributed by atoms with Crippen LogP contribution < -0.4 is 10.6 Å². The first-order chi connectivity index (χ1) is 9.72. The first-order valence-corrected chi connectivity index (χ1v) is 7.53. The second-order valence-corrected chi connectivity index (χ2v) is 5.90. The summed E-state index contributed by atoms with van der Waals surface area (Å²) < 4.78 is 1.07. The third kappa shape index (κ3) is 2.92. The van der Waals surface area contributed by atoms with Gasteiger partial charge in [-0.25, -0.2) is 0 Å². The van der Waals surface area contributed by atoms with Crippen LogP contribution in [0.3, 0.4) is 0 Å². The van der Waals surface area contributed by atoms with Crippen molar-refractivity contribution in [2.45, 2.75) is 6.04 Å². The van der Waals surface area contributed by atoms with Gasteiger partial charge in [0.15, 0.2) is 5.11 Å². The molecule has 2 aromatic rings. The fourth-order valence-corrected chi connectivity index (χ4v) is 2.69. The van der Waals surface area contributed by atoms with E-state index >= 15 is 0 Å². The molecule has 0 unspecified atom stereocenters. The monoisotopic (exact) mass is 344 g/mol. The molecule has 0 aliphatic carbocycles. The Morgan fingerprint density at radius 3 is 2.35 bits per heavy atom. The van der Waals surface area contributed by atoms with E-state index in [-0.39, 0.29) is 6.04 Å². The van der Waals surface area contributed by atoms with E-state index in [1.807, 2.05) is 30.3 Å². The van der Waals surface area contributed by atoms with Crippen molar-refractivity contribution >= 4 is 39.0 Å². The van der Waals surface area contributed by atoms with E-state index in [2.05, 4.69) is 56.9 Å². The molecule has 3 rings (SSSR count). The fourth-order valence-electron chi connectivity index (χ4n) is 2.19. The highest BCUT2D eigenvalue weighted by atomic mass is 79.9. The summed E-state index contributed by atoms with van der Waals surface area (Å²) in [6, 6.07) is 18.6. The molecule has 0 saturated carbocycles. The van der Waals surface area contributed by atoms with Gasteiger partial charge < -0.3 is 10.6 Å². The lowest BCUT2D eigenvalue weighted by atomic mass is 10.0. The molecule has 0 amide bonds. The highest BCUT2D eigenvalue weighted by Crippen LogP contribution is 2.24. The van der Waals surface area contributed by atoms with E-state index in [1.165, 1.54) is 5.56 Å². The molecular weight excluding hydrogens is 332 g/mol. The van der Waals surface area contributed by atoms with Crippen LogP contribution in [0.15, 0.2) is 65.1 Å². The van der Waals surface area contributed by atoms with Gasteiger partial charge in [-0.15, -0.1) is 0 Å². The zero-order chi connectivity index (χ0) is 13.9. The Morgan fingerprint density at radius 2 is 1.65 bits per heavy atom. The van der Waals surface area contributed by atoms with Gasteiger partial charge >= 0.3 is 0 Å². The van der Waals surface area contributed by atoms with Crippen LogP contribution in [0, 0.1) is 0 Å². The fraction of sp³-hybridized carbons (Fsp3) is 0.0625. The van der Waals surface area contributed by atoms with E-state index in [1.54, 1.807) is 0 Å². The van der Waals surface area contributed by atoms with Crippen LogP contribution in [0.25, 0.3) is 5.70 Å². The van der Waals surface area contributed by atoms with Crippen molar-refractivity contribution in [3.63, 3.8) is 0 Å². The van der Waals surface area contributed by atoms with Crippen molar-refractivity contribution in [3.8, 4) is 0 Å². The molecule has 0 aromatic heterocycles. The van der Waals surface area contributed by atoms with Gasteiger partial charge in [0.25, 0.3) is 0 Å². The van der Waals surface area contributed by atoms with Crippen LogP contribution in [0.2, 0.25) is 0 Å². The molecule has 0 bridgehead atoms. The lowest BCUT2D eigenvalue weighted by molar-refractivity contribution is 0.765. The molecular formula is C16H13BrN2S. The zero-order valence-electron chi connectivity index (χ0n) is 10.6. The van der Waals surface area contributed by atoms with Gasteiger partial charge in [-0.2, -0.15) is 0 Å². The molecule has 0 spiro atoms. The standard InChI is InChI=1S/C16H13BrN2S/c17-13-8-6-12(7-9-13)15-10-14(18-16(20)19-15)11-4-2-1-3-5-11/h1-10,14H,(H2,18,19,20)/t14-/m0/s1. The summed E-state index contributed by atoms with van der Waals surface area (Å²) in [5, 5.41) is 7.15. The second kappa shape index (κ2) is 5.77. The third-order valence-electron chi connectivity index (χ3n) is 3.18. The van der Waals surface area contributed by atoms with Crippen molar-refractivity contribution in [1.29, 1.82) is 0 Å². The Morgan fingerprint density at radius 1 is 0.950 bits per heavy atom. The van der Waals surface area contributed by atoms with E-state index < -0.39 is 0 Å². The van der Waals surface area contributed by atoms with E-state index in [9.17, 15) is 0 Å². The smallest absolute Gasteiger partial charge is 0.171 e. The Hall–Kier alpha value is -1.65. The summed E-state index contributed by atoms with van der Waals surface area (Å²) in [5.74, 6) is 0. The minimum Gasteiger partial charge on any atom is -0.352 e. The molecule has 0 fully saturated rings. The number of hydrogen-bond donors (Lipinski definition) is 2. The van der Waals surface area contributed by atoms with Gasteiger partial charge in [0.05, 0.1) is 6.04 Å². The predicted molar refractivity (Wildman–Crippen MR) is 90.2 cm³/mol. The predicted octanol–water partition coefficient (Wildman–Crippen LogP) is 4.01. The van der Waals surface area contributed by atoms with E-state index in [0.717, 1.165) is 15.7 Å². The van der Waals surface area contributed by atoms with Crippen LogP contribution in [-0.2, 0) is 0 Å². The molecule has 2 nitrogen and oxygen atoms in total. The van der Waals surface area contributed by atoms with Gasteiger partial charge in [0.2, 0.25) is 0 Å². The first kappa shape index (κ1) is 13.3. The van der Waals surface area contributed by atoms with Crippen molar-refractivity contribution in [2.75, 3.05) is 0 Å². The molecule has 1 aliphatic rings. The van der Waals surface area contributed by atoms with Crippen molar-refractivity contribution in [2.24, 2.45) is 0 Å². The highest BCUT2D eigenvalue weighted by molar-refractivity contribution is 9.10. The van der Waals surface area contributed by atoms with Crippen LogP contribution in [0.1, 0.15) is 17.2 Å². The molecule has 100 valence electrons. The van der Waals surface area contributed by atoms with Crippen LogP contribution in [0.5, 0.6) is 0 Å². The van der Waals surface area contributed by atoms with Crippen molar-refractivity contribution < 1.29 is 0 Å². The molecule has 2 N–H and O–H groups in total. The maximum Gasteiger partial charge on any atom is 0.171 e. The lowest BCUT2D eigenvalue weighted by Gasteiger charge is -2.26. The third-order valence-corrected chi connectivity index (χ3v) is 3.93. The van der Waals surface area contributed by atoms with Gasteiger partial charge in [-0.3, -0.25) is 0 Å². The summed E-state index contributed by atoms with van der Waals surface area (Å²) in [4.78, 5) is 0. The Balaban J connectivity index is 1.96. The SMILES string of the molecule is S=C1NC(c2ccc(Br)cc2)=C[C@@H](c2ccccc2)N1. The van der Waals surface area contributed by atoms with Gasteiger partial charge in [-0.05, 0) is 41.6 Å². The van der Waals surface area contributed by atoms with Crippen LogP contribution >= 0.6 is 28.1 Å². The molecule has 4 heteroatoms. The van der Waals surface area contributed by atoms with Crippen molar-refractivity contribution in [3.05, 3.63) is 76.3 Å². The van der Waals surface area contributed by atoms with Gasteiger partial charge in [0.1, 0.15) is 0 Å². The summed E-state index contributed by atoms with van der Waals surface area (Å²) in [7, 11) is 0. The van der Waals surface area contributed by atoms with Crippen LogP contribution in [0.4, 0.5) is 0 Å². The first-order valence-electron chi connectivity index (χ1n) is 6.32. The number of nitrogens with one attached hydrogen (secondary N) is 2. The molecule has 0 saturated heterocycles. The van der Waals surface area contributed by atoms with Crippen molar-refractivity contribution in [1.82, 2.24) is 10.6 Å². The summed E-state index contributed by atoms with van der Waals surface area (Å²) >= 11 is 8.77. The summed E-state index contributed by atoms with van der Waals surface area (Å²) in [5.41, 5.74) is 3.36. The number of halogens is 1. The van der Waals surface area contributed by atoms with Crippen LogP contribution in [-0.4, -0.2) is 5.11 Å². The topological polar surface area (TPSA) is 24.1 Å². The minimum atomic E-state index is 0.101. The average Bonchev–Trinajstić information content (AvgIpc) is 2.48. The molecule has 0 radical (unpaired) electrons. The molecule has 2 aromatic carbocycles. The summed E-state index contributed by atoms with van der Waals surface area (Å²) in [6.45, 7) is 0. The van der Waals surface area contributed by atoms with E-state index in [0.29, 0.717) is 5.11 Å². The molecule has 1 aliphatic heterocycles. The van der Waals surface area contributed by atoms with E-state index in [4.69, 9.17) is 12.2 Å². The summed E-state index contributed by atoms with van der Waals surface area (Å²) in [6.07, 6.45) is 2.16. The normalized spacial score (nSPS) is 17.9. The number of hydrogen-bond acceptors (Lipinski definition) is 1.